The van der Waals surface area contributed by atoms with Crippen LogP contribution in [-0.2, 0) is 30.0 Å². The number of amides is 1. The van der Waals surface area contributed by atoms with Gasteiger partial charge in [0.2, 0.25) is 0 Å². The molecule has 0 radical (unpaired) electrons. The van der Waals surface area contributed by atoms with Crippen molar-refractivity contribution in [2.45, 2.75) is 36.7 Å². The van der Waals surface area contributed by atoms with Gasteiger partial charge < -0.3 is 19.7 Å². The Bertz CT molecular complexity index is 2380. The third kappa shape index (κ3) is 6.41. The molecule has 6 aromatic rings. The van der Waals surface area contributed by atoms with Gasteiger partial charge in [-0.1, -0.05) is 12.1 Å². The van der Waals surface area contributed by atoms with Crippen LogP contribution in [0.2, 0.25) is 0 Å². The number of ether oxygens (including phenoxy) is 2. The fraction of sp³-hybridized carbons (Fsp3) is 0.250. The number of hydrogen-bond donors (Lipinski definition) is 1. The van der Waals surface area contributed by atoms with Crippen molar-refractivity contribution in [3.8, 4) is 11.5 Å². The molecule has 1 aliphatic carbocycles. The van der Waals surface area contributed by atoms with Gasteiger partial charge in [0.05, 0.1) is 59.5 Å². The molecule has 0 bridgehead atoms. The molecule has 12 nitrogen and oxygen atoms in total. The lowest BCUT2D eigenvalue weighted by molar-refractivity contribution is 0.0983. The van der Waals surface area contributed by atoms with Gasteiger partial charge in [0.25, 0.3) is 5.91 Å². The van der Waals surface area contributed by atoms with Gasteiger partial charge >= 0.3 is 0 Å². The van der Waals surface area contributed by atoms with Gasteiger partial charge in [-0.05, 0) is 54.8 Å². The topological polar surface area (TPSA) is 141 Å². The Hall–Kier alpha value is -5.63. The van der Waals surface area contributed by atoms with Gasteiger partial charge in [0, 0.05) is 55.2 Å². The highest BCUT2D eigenvalue weighted by molar-refractivity contribution is 7.90. The third-order valence-electron chi connectivity index (χ3n) is 8.74. The highest BCUT2D eigenvalue weighted by Crippen LogP contribution is 2.38. The molecule has 1 fully saturated rings. The van der Waals surface area contributed by atoms with E-state index in [9.17, 15) is 17.6 Å². The SMILES string of the molecule is COc1ccc(CNc2nc3cc(CN(C(=O)c4cnc(C5CC5)nc4)c4ccc(F)cc4S(C)(=O)=O)ccc3c3c2cnn3C)c(OC)c1. The molecule has 1 N–H and O–H groups in total. The molecule has 0 saturated heterocycles. The number of carbonyl (C=O) groups excluding carboxylic acids is 1. The van der Waals surface area contributed by atoms with Crippen LogP contribution in [0.15, 0.2) is 78.1 Å². The van der Waals surface area contributed by atoms with Crippen LogP contribution in [0, 0.1) is 5.82 Å². The quantitative estimate of drug-likeness (QED) is 0.177. The molecule has 1 aliphatic rings. The molecule has 0 aliphatic heterocycles. The second-order valence-electron chi connectivity index (χ2n) is 12.3. The summed E-state index contributed by atoms with van der Waals surface area (Å²) in [4.78, 5) is 28.9. The standard InChI is InChI=1S/C36H34FN7O5S/c1-43-33-27-11-5-21(13-29(27)42-35(28(33)19-41-43)40-16-23-8-10-26(48-2)15-31(23)49-3)20-44(30-12-9-25(37)14-32(30)50(4,46)47)36(45)24-17-38-34(39-18-24)22-6-7-22/h5,8-15,17-19,22H,6-7,16,20H2,1-4H3,(H,40,42). The molecule has 3 aromatic carbocycles. The van der Waals surface area contributed by atoms with E-state index < -0.39 is 21.6 Å². The maximum absolute atomic E-state index is 14.4. The first-order valence-corrected chi connectivity index (χ1v) is 17.8. The van der Waals surface area contributed by atoms with E-state index in [4.69, 9.17) is 14.5 Å². The number of rotatable bonds is 11. The van der Waals surface area contributed by atoms with Crippen molar-refractivity contribution in [3.05, 3.63) is 102 Å². The van der Waals surface area contributed by atoms with Gasteiger partial charge in [0.1, 0.15) is 29.0 Å². The number of anilines is 2. The number of fused-ring (bicyclic) bond motifs is 3. The molecule has 50 heavy (non-hydrogen) atoms. The summed E-state index contributed by atoms with van der Waals surface area (Å²) in [5.41, 5.74) is 3.23. The van der Waals surface area contributed by atoms with E-state index in [1.165, 1.54) is 23.4 Å². The second-order valence-corrected chi connectivity index (χ2v) is 14.2. The number of nitrogens with one attached hydrogen (secondary N) is 1. The van der Waals surface area contributed by atoms with Gasteiger partial charge in [-0.15, -0.1) is 0 Å². The largest absolute Gasteiger partial charge is 0.497 e. The zero-order valence-electron chi connectivity index (χ0n) is 27.8. The van der Waals surface area contributed by atoms with E-state index in [-0.39, 0.29) is 28.6 Å². The Morgan fingerprint density at radius 2 is 1.78 bits per heavy atom. The number of benzene rings is 3. The van der Waals surface area contributed by atoms with E-state index in [1.54, 1.807) is 25.1 Å². The van der Waals surface area contributed by atoms with Crippen molar-refractivity contribution in [2.24, 2.45) is 7.05 Å². The van der Waals surface area contributed by atoms with E-state index in [1.807, 2.05) is 43.4 Å². The molecule has 1 amide bonds. The predicted octanol–water partition coefficient (Wildman–Crippen LogP) is 5.81. The third-order valence-corrected chi connectivity index (χ3v) is 9.87. The van der Waals surface area contributed by atoms with E-state index in [0.29, 0.717) is 40.8 Å². The highest BCUT2D eigenvalue weighted by Gasteiger charge is 2.29. The van der Waals surface area contributed by atoms with Gasteiger partial charge in [-0.2, -0.15) is 5.10 Å². The van der Waals surface area contributed by atoms with E-state index in [2.05, 4.69) is 20.4 Å². The molecule has 14 heteroatoms. The monoisotopic (exact) mass is 695 g/mol. The van der Waals surface area contributed by atoms with Crippen molar-refractivity contribution in [3.63, 3.8) is 0 Å². The molecular formula is C36H34FN7O5S. The average Bonchev–Trinajstić information content (AvgIpc) is 3.90. The van der Waals surface area contributed by atoms with Crippen LogP contribution in [0.4, 0.5) is 15.9 Å². The zero-order valence-corrected chi connectivity index (χ0v) is 28.7. The fourth-order valence-corrected chi connectivity index (χ4v) is 6.89. The summed E-state index contributed by atoms with van der Waals surface area (Å²) in [5.74, 6) is 1.62. The zero-order chi connectivity index (χ0) is 35.2. The highest BCUT2D eigenvalue weighted by atomic mass is 32.2. The maximum atomic E-state index is 14.4. The van der Waals surface area contributed by atoms with Crippen molar-refractivity contribution < 1.29 is 27.1 Å². The number of carbonyl (C=O) groups is 1. The first kappa shape index (κ1) is 32.9. The Morgan fingerprint density at radius 3 is 2.48 bits per heavy atom. The first-order valence-electron chi connectivity index (χ1n) is 15.9. The summed E-state index contributed by atoms with van der Waals surface area (Å²) >= 11 is 0. The molecule has 7 rings (SSSR count). The Morgan fingerprint density at radius 1 is 1.00 bits per heavy atom. The Balaban J connectivity index is 1.28. The number of aromatic nitrogens is 5. The van der Waals surface area contributed by atoms with E-state index in [0.717, 1.165) is 53.1 Å². The number of nitrogens with zero attached hydrogens (tertiary/aromatic N) is 6. The Labute approximate surface area is 287 Å². The lowest BCUT2D eigenvalue weighted by Gasteiger charge is -2.25. The minimum Gasteiger partial charge on any atom is -0.497 e. The number of hydrogen-bond acceptors (Lipinski definition) is 10. The van der Waals surface area contributed by atoms with Gasteiger partial charge in [-0.3, -0.25) is 9.48 Å². The minimum atomic E-state index is -3.93. The molecular weight excluding hydrogens is 662 g/mol. The van der Waals surface area contributed by atoms with Crippen LogP contribution in [-0.4, -0.2) is 59.5 Å². The summed E-state index contributed by atoms with van der Waals surface area (Å²) in [6.45, 7) is 0.350. The summed E-state index contributed by atoms with van der Waals surface area (Å²) < 4.78 is 52.8. The number of pyridine rings is 1. The van der Waals surface area contributed by atoms with Crippen molar-refractivity contribution in [2.75, 3.05) is 30.7 Å². The molecule has 0 unspecified atom stereocenters. The number of halogens is 1. The molecule has 1 saturated carbocycles. The molecule has 3 aromatic heterocycles. The molecule has 0 atom stereocenters. The predicted molar refractivity (Wildman–Crippen MR) is 187 cm³/mol. The smallest absolute Gasteiger partial charge is 0.261 e. The average molecular weight is 696 g/mol. The van der Waals surface area contributed by atoms with Crippen LogP contribution in [0.1, 0.15) is 46.1 Å². The normalized spacial score (nSPS) is 13.1. The lowest BCUT2D eigenvalue weighted by atomic mass is 10.1. The molecule has 0 spiro atoms. The summed E-state index contributed by atoms with van der Waals surface area (Å²) in [5, 5.41) is 9.56. The van der Waals surface area contributed by atoms with Gasteiger partial charge in [0.15, 0.2) is 9.84 Å². The summed E-state index contributed by atoms with van der Waals surface area (Å²) in [6.07, 6.45) is 7.65. The first-order chi connectivity index (χ1) is 24.0. The van der Waals surface area contributed by atoms with Crippen LogP contribution in [0.5, 0.6) is 11.5 Å². The summed E-state index contributed by atoms with van der Waals surface area (Å²) in [6, 6.07) is 14.5. The molecule has 256 valence electrons. The van der Waals surface area contributed by atoms with Crippen LogP contribution in [0.3, 0.4) is 0 Å². The lowest BCUT2D eigenvalue weighted by Crippen LogP contribution is -2.32. The van der Waals surface area contributed by atoms with Crippen LogP contribution >= 0.6 is 0 Å². The van der Waals surface area contributed by atoms with Crippen molar-refractivity contribution in [1.29, 1.82) is 0 Å². The van der Waals surface area contributed by atoms with Crippen molar-refractivity contribution in [1.82, 2.24) is 24.7 Å². The minimum absolute atomic E-state index is 0.0381. The number of sulfone groups is 1. The van der Waals surface area contributed by atoms with Gasteiger partial charge in [-0.25, -0.2) is 27.8 Å². The second kappa shape index (κ2) is 13.0. The fourth-order valence-electron chi connectivity index (χ4n) is 6.00. The van der Waals surface area contributed by atoms with Crippen LogP contribution in [0.25, 0.3) is 21.8 Å². The van der Waals surface area contributed by atoms with Crippen LogP contribution < -0.4 is 19.7 Å². The number of methoxy groups -OCH3 is 2. The number of aryl methyl sites for hydroxylation is 1. The Kier molecular flexibility index (Phi) is 8.56. The maximum Gasteiger partial charge on any atom is 0.261 e. The van der Waals surface area contributed by atoms with E-state index >= 15 is 0 Å². The van der Waals surface area contributed by atoms with Crippen molar-refractivity contribution >= 4 is 49.1 Å². The molecule has 3 heterocycles. The summed E-state index contributed by atoms with van der Waals surface area (Å²) in [7, 11) is 1.12.